The molecule has 2 aromatic rings. The van der Waals surface area contributed by atoms with Gasteiger partial charge < -0.3 is 29.2 Å². The Morgan fingerprint density at radius 1 is 1.07 bits per heavy atom. The number of anilines is 1. The Kier molecular flexibility index (Phi) is 5.49. The Morgan fingerprint density at radius 2 is 1.86 bits per heavy atom. The number of hydrogen-bond acceptors (Lipinski definition) is 6. The molecule has 1 N–H and O–H groups in total. The van der Waals surface area contributed by atoms with Crippen LogP contribution in [0.5, 0.6) is 17.2 Å². The Balaban J connectivity index is 1.80. The monoisotopic (exact) mass is 398 g/mol. The van der Waals surface area contributed by atoms with Crippen LogP contribution in [0, 0.1) is 0 Å². The van der Waals surface area contributed by atoms with Crippen molar-refractivity contribution in [2.24, 2.45) is 0 Å². The lowest BCUT2D eigenvalue weighted by atomic mass is 10.0. The molecule has 0 spiro atoms. The zero-order valence-electron chi connectivity index (χ0n) is 16.9. The summed E-state index contributed by atoms with van der Waals surface area (Å²) in [6.45, 7) is 1.24. The van der Waals surface area contributed by atoms with Gasteiger partial charge in [0.2, 0.25) is 5.75 Å². The number of carbonyl (C=O) groups is 1. The van der Waals surface area contributed by atoms with Crippen molar-refractivity contribution in [3.05, 3.63) is 47.5 Å². The molecule has 2 heterocycles. The maximum atomic E-state index is 13.4. The highest BCUT2D eigenvalue weighted by atomic mass is 16.5. The standard InChI is InChI=1S/C22H26N2O5/c1-26-18-11-10-16(19(27-2)20(18)28-3)21-23-17-9-5-4-8-15(17)22(25)24(21)13-14-7-6-12-29-14/h4-5,8-11,14,21,23H,6-7,12-13H2,1-3H3/t14-,21-/m1/s1. The number of para-hydroxylation sites is 1. The summed E-state index contributed by atoms with van der Waals surface area (Å²) >= 11 is 0. The van der Waals surface area contributed by atoms with Gasteiger partial charge >= 0.3 is 0 Å². The van der Waals surface area contributed by atoms with E-state index in [0.717, 1.165) is 30.7 Å². The van der Waals surface area contributed by atoms with Crippen LogP contribution in [0.15, 0.2) is 36.4 Å². The summed E-state index contributed by atoms with van der Waals surface area (Å²) in [7, 11) is 4.74. The van der Waals surface area contributed by atoms with Crippen LogP contribution in [0.1, 0.15) is 34.9 Å². The predicted octanol–water partition coefficient (Wildman–Crippen LogP) is 3.46. The molecular weight excluding hydrogens is 372 g/mol. The third kappa shape index (κ3) is 3.46. The first kappa shape index (κ1) is 19.4. The number of nitrogens with zero attached hydrogens (tertiary/aromatic N) is 1. The van der Waals surface area contributed by atoms with Gasteiger partial charge in [-0.05, 0) is 37.1 Å². The van der Waals surface area contributed by atoms with E-state index in [1.807, 2.05) is 41.3 Å². The van der Waals surface area contributed by atoms with Crippen molar-refractivity contribution in [1.82, 2.24) is 4.90 Å². The average Bonchev–Trinajstić information content (AvgIpc) is 3.27. The molecule has 0 bridgehead atoms. The summed E-state index contributed by atoms with van der Waals surface area (Å²) in [4.78, 5) is 15.2. The number of carbonyl (C=O) groups excluding carboxylic acids is 1. The fourth-order valence-corrected chi connectivity index (χ4v) is 4.07. The van der Waals surface area contributed by atoms with Gasteiger partial charge in [0.05, 0.1) is 33.0 Å². The molecule has 7 heteroatoms. The third-order valence-electron chi connectivity index (χ3n) is 5.48. The van der Waals surface area contributed by atoms with Crippen LogP contribution in [0.25, 0.3) is 0 Å². The summed E-state index contributed by atoms with van der Waals surface area (Å²) in [5.41, 5.74) is 2.25. The Hall–Kier alpha value is -2.93. The van der Waals surface area contributed by atoms with Crippen LogP contribution in [-0.2, 0) is 4.74 Å². The Bertz CT molecular complexity index is 895. The summed E-state index contributed by atoms with van der Waals surface area (Å²) in [6.07, 6.45) is 1.57. The number of benzene rings is 2. The lowest BCUT2D eigenvalue weighted by Gasteiger charge is -2.39. The van der Waals surface area contributed by atoms with Crippen molar-refractivity contribution in [2.45, 2.75) is 25.1 Å². The van der Waals surface area contributed by atoms with Gasteiger partial charge in [0, 0.05) is 24.4 Å². The highest BCUT2D eigenvalue weighted by Crippen LogP contribution is 2.45. The van der Waals surface area contributed by atoms with Gasteiger partial charge in [-0.15, -0.1) is 0 Å². The molecule has 1 saturated heterocycles. The molecule has 1 amide bonds. The van der Waals surface area contributed by atoms with Gasteiger partial charge in [0.15, 0.2) is 11.5 Å². The lowest BCUT2D eigenvalue weighted by Crippen LogP contribution is -2.46. The largest absolute Gasteiger partial charge is 0.493 e. The fourth-order valence-electron chi connectivity index (χ4n) is 4.07. The number of nitrogens with one attached hydrogen (secondary N) is 1. The second kappa shape index (κ2) is 8.21. The van der Waals surface area contributed by atoms with Gasteiger partial charge in [0.1, 0.15) is 6.17 Å². The van der Waals surface area contributed by atoms with Gasteiger partial charge in [-0.25, -0.2) is 0 Å². The molecule has 2 aromatic carbocycles. The first-order valence-corrected chi connectivity index (χ1v) is 9.75. The Labute approximate surface area is 170 Å². The maximum absolute atomic E-state index is 13.4. The quantitative estimate of drug-likeness (QED) is 0.804. The highest BCUT2D eigenvalue weighted by Gasteiger charge is 2.37. The van der Waals surface area contributed by atoms with E-state index >= 15 is 0 Å². The molecule has 0 radical (unpaired) electrons. The van der Waals surface area contributed by atoms with E-state index in [4.69, 9.17) is 18.9 Å². The molecule has 2 atom stereocenters. The summed E-state index contributed by atoms with van der Waals surface area (Å²) < 4.78 is 22.5. The molecule has 2 aliphatic heterocycles. The molecular formula is C22H26N2O5. The first-order chi connectivity index (χ1) is 14.2. The zero-order valence-corrected chi connectivity index (χ0v) is 16.9. The van der Waals surface area contributed by atoms with Crippen molar-refractivity contribution in [1.29, 1.82) is 0 Å². The Morgan fingerprint density at radius 3 is 2.55 bits per heavy atom. The molecule has 0 aromatic heterocycles. The fraction of sp³-hybridized carbons (Fsp3) is 0.409. The number of ether oxygens (including phenoxy) is 4. The van der Waals surface area contributed by atoms with E-state index in [1.165, 1.54) is 0 Å². The molecule has 0 saturated carbocycles. The number of methoxy groups -OCH3 is 3. The zero-order chi connectivity index (χ0) is 20.4. The van der Waals surface area contributed by atoms with Gasteiger partial charge in [0.25, 0.3) is 5.91 Å². The number of hydrogen-bond donors (Lipinski definition) is 1. The molecule has 154 valence electrons. The molecule has 0 unspecified atom stereocenters. The van der Waals surface area contributed by atoms with Crippen LogP contribution in [0.3, 0.4) is 0 Å². The van der Waals surface area contributed by atoms with E-state index in [2.05, 4.69) is 5.32 Å². The van der Waals surface area contributed by atoms with E-state index in [0.29, 0.717) is 29.4 Å². The van der Waals surface area contributed by atoms with Gasteiger partial charge in [-0.2, -0.15) is 0 Å². The van der Waals surface area contributed by atoms with Crippen molar-refractivity contribution < 1.29 is 23.7 Å². The summed E-state index contributed by atoms with van der Waals surface area (Å²) in [5.74, 6) is 1.57. The molecule has 4 rings (SSSR count). The first-order valence-electron chi connectivity index (χ1n) is 9.75. The minimum atomic E-state index is -0.420. The summed E-state index contributed by atoms with van der Waals surface area (Å²) in [6, 6.07) is 11.3. The van der Waals surface area contributed by atoms with E-state index in [9.17, 15) is 4.79 Å². The number of fused-ring (bicyclic) bond motifs is 1. The van der Waals surface area contributed by atoms with Crippen molar-refractivity contribution in [3.63, 3.8) is 0 Å². The maximum Gasteiger partial charge on any atom is 0.257 e. The smallest absolute Gasteiger partial charge is 0.257 e. The summed E-state index contributed by atoms with van der Waals surface area (Å²) in [5, 5.41) is 3.50. The van der Waals surface area contributed by atoms with Crippen molar-refractivity contribution in [2.75, 3.05) is 39.8 Å². The molecule has 29 heavy (non-hydrogen) atoms. The molecule has 2 aliphatic rings. The average molecular weight is 398 g/mol. The van der Waals surface area contributed by atoms with Crippen molar-refractivity contribution >= 4 is 11.6 Å². The van der Waals surface area contributed by atoms with E-state index in [-0.39, 0.29) is 12.0 Å². The second-order valence-corrected chi connectivity index (χ2v) is 7.11. The highest BCUT2D eigenvalue weighted by molar-refractivity contribution is 6.01. The molecule has 0 aliphatic carbocycles. The van der Waals surface area contributed by atoms with Crippen LogP contribution >= 0.6 is 0 Å². The molecule has 1 fully saturated rings. The molecule has 7 nitrogen and oxygen atoms in total. The third-order valence-corrected chi connectivity index (χ3v) is 5.48. The SMILES string of the molecule is COc1ccc([C@@H]2Nc3ccccc3C(=O)N2C[C@H]2CCCO2)c(OC)c1OC. The van der Waals surface area contributed by atoms with Gasteiger partial charge in [-0.1, -0.05) is 12.1 Å². The van der Waals surface area contributed by atoms with Crippen molar-refractivity contribution in [3.8, 4) is 17.2 Å². The minimum Gasteiger partial charge on any atom is -0.493 e. The topological polar surface area (TPSA) is 69.3 Å². The van der Waals surface area contributed by atoms with Gasteiger partial charge in [-0.3, -0.25) is 4.79 Å². The van der Waals surface area contributed by atoms with E-state index in [1.54, 1.807) is 21.3 Å². The predicted molar refractivity (Wildman–Crippen MR) is 109 cm³/mol. The minimum absolute atomic E-state index is 0.0275. The van der Waals surface area contributed by atoms with Crippen LogP contribution in [0.4, 0.5) is 5.69 Å². The number of rotatable bonds is 6. The number of amides is 1. The van der Waals surface area contributed by atoms with Crippen LogP contribution < -0.4 is 19.5 Å². The normalized spacial score (nSPS) is 20.8. The second-order valence-electron chi connectivity index (χ2n) is 7.11. The van der Waals surface area contributed by atoms with Crippen LogP contribution in [0.2, 0.25) is 0 Å². The lowest BCUT2D eigenvalue weighted by molar-refractivity contribution is 0.0424. The van der Waals surface area contributed by atoms with Crippen LogP contribution in [-0.4, -0.2) is 51.4 Å². The van der Waals surface area contributed by atoms with E-state index < -0.39 is 6.17 Å².